The maximum Gasteiger partial charge on any atom is 0.383 e. The molecule has 1 aliphatic carbocycles. The van der Waals surface area contributed by atoms with E-state index in [1.54, 1.807) is 0 Å². The number of hydrogen-bond acceptors (Lipinski definition) is 3. The molecule has 1 aromatic rings. The molecule has 0 aliphatic heterocycles. The number of alkyl halides is 8. The van der Waals surface area contributed by atoms with Crippen molar-refractivity contribution in [1.29, 1.82) is 0 Å². The highest BCUT2D eigenvalue weighted by Gasteiger charge is 2.76. The molecule has 0 saturated heterocycles. The molecular weight excluding hydrogens is 338 g/mol. The summed E-state index contributed by atoms with van der Waals surface area (Å²) in [5.74, 6) is -19.0. The summed E-state index contributed by atoms with van der Waals surface area (Å²) in [6, 6.07) is 0. The molecule has 0 amide bonds. The van der Waals surface area contributed by atoms with Crippen LogP contribution in [-0.2, 0) is 18.8 Å². The van der Waals surface area contributed by atoms with Gasteiger partial charge in [-0.15, -0.1) is 0 Å². The van der Waals surface area contributed by atoms with Crippen molar-refractivity contribution in [3.05, 3.63) is 17.0 Å². The summed E-state index contributed by atoms with van der Waals surface area (Å²) in [5, 5.41) is 0. The molecule has 130 valence electrons. The average Bonchev–Trinajstić information content (AvgIpc) is 2.45. The Kier molecular flexibility index (Phi) is 4.18. The Hall–Kier alpha value is -1.68. The minimum absolute atomic E-state index is 0.0606. The first kappa shape index (κ1) is 17.7. The Morgan fingerprint density at radius 3 is 2.04 bits per heavy atom. The molecule has 1 aromatic heterocycles. The van der Waals surface area contributed by atoms with E-state index in [-0.39, 0.29) is 18.5 Å². The first-order valence-corrected chi connectivity index (χ1v) is 6.50. The van der Waals surface area contributed by atoms with Gasteiger partial charge in [0.15, 0.2) is 0 Å². The topological polar surface area (TPSA) is 51.8 Å². The Morgan fingerprint density at radius 2 is 1.48 bits per heavy atom. The Morgan fingerprint density at radius 1 is 0.913 bits per heavy atom. The number of fused-ring (bicyclic) bond motifs is 1. The van der Waals surface area contributed by atoms with Gasteiger partial charge in [0.05, 0.1) is 0 Å². The van der Waals surface area contributed by atoms with Gasteiger partial charge in [0.1, 0.15) is 5.69 Å². The quantitative estimate of drug-likeness (QED) is 0.846. The predicted octanol–water partition coefficient (Wildman–Crippen LogP) is 3.57. The lowest BCUT2D eigenvalue weighted by atomic mass is 9.90. The van der Waals surface area contributed by atoms with Crippen LogP contribution in [-0.4, -0.2) is 28.2 Å². The summed E-state index contributed by atoms with van der Waals surface area (Å²) in [6.07, 6.45) is -4.17. The number of nitrogens with two attached hydrogens (primary N) is 1. The van der Waals surface area contributed by atoms with Crippen molar-refractivity contribution in [1.82, 2.24) is 9.97 Å². The van der Waals surface area contributed by atoms with Crippen molar-refractivity contribution >= 4 is 5.95 Å². The van der Waals surface area contributed by atoms with Gasteiger partial charge < -0.3 is 5.73 Å². The first-order chi connectivity index (χ1) is 10.4. The molecule has 0 fully saturated rings. The molecule has 0 aromatic carbocycles. The fraction of sp³-hybridized carbons (Fsp3) is 0.667. The molecule has 11 heteroatoms. The van der Waals surface area contributed by atoms with E-state index < -0.39 is 41.4 Å². The Balaban J connectivity index is 2.62. The number of anilines is 1. The molecule has 0 spiro atoms. The molecule has 0 bridgehead atoms. The summed E-state index contributed by atoms with van der Waals surface area (Å²) in [5.41, 5.74) is 2.93. The van der Waals surface area contributed by atoms with Gasteiger partial charge in [-0.05, 0) is 25.7 Å². The summed E-state index contributed by atoms with van der Waals surface area (Å²) in [4.78, 5) is 6.58. The van der Waals surface area contributed by atoms with Crippen molar-refractivity contribution in [2.24, 2.45) is 0 Å². The van der Waals surface area contributed by atoms with Crippen LogP contribution in [0.1, 0.15) is 29.8 Å². The second-order valence-electron chi connectivity index (χ2n) is 5.14. The van der Waals surface area contributed by atoms with Crippen molar-refractivity contribution in [2.75, 3.05) is 5.73 Å². The fourth-order valence-electron chi connectivity index (χ4n) is 2.37. The number of hydrogen-bond donors (Lipinski definition) is 1. The number of aromatic nitrogens is 2. The number of halogens is 8. The van der Waals surface area contributed by atoms with E-state index in [2.05, 4.69) is 9.97 Å². The number of aryl methyl sites for hydroxylation is 1. The maximum atomic E-state index is 14.0. The third-order valence-corrected chi connectivity index (χ3v) is 3.58. The predicted molar refractivity (Wildman–Crippen MR) is 62.9 cm³/mol. The molecular formula is C12H11F8N3. The van der Waals surface area contributed by atoms with Gasteiger partial charge in [-0.25, -0.2) is 18.7 Å². The minimum Gasteiger partial charge on any atom is -0.368 e. The maximum absolute atomic E-state index is 14.0. The lowest BCUT2D eigenvalue weighted by molar-refractivity contribution is -0.344. The molecule has 0 radical (unpaired) electrons. The van der Waals surface area contributed by atoms with Crippen LogP contribution in [0, 0.1) is 0 Å². The summed E-state index contributed by atoms with van der Waals surface area (Å²) in [6.45, 7) is 0. The largest absolute Gasteiger partial charge is 0.383 e. The van der Waals surface area contributed by atoms with Gasteiger partial charge in [0.25, 0.3) is 0 Å². The number of nitrogens with zero attached hydrogens (tertiary/aromatic N) is 2. The van der Waals surface area contributed by atoms with Crippen LogP contribution < -0.4 is 5.73 Å². The highest BCUT2D eigenvalue weighted by Crippen LogP contribution is 2.53. The smallest absolute Gasteiger partial charge is 0.368 e. The third kappa shape index (κ3) is 2.59. The first-order valence-electron chi connectivity index (χ1n) is 6.50. The Bertz CT molecular complexity index is 602. The molecule has 23 heavy (non-hydrogen) atoms. The van der Waals surface area contributed by atoms with E-state index in [4.69, 9.17) is 5.73 Å². The van der Waals surface area contributed by atoms with Crippen LogP contribution in [0.3, 0.4) is 0 Å². The van der Waals surface area contributed by atoms with Gasteiger partial charge in [-0.3, -0.25) is 0 Å². The lowest BCUT2D eigenvalue weighted by Crippen LogP contribution is -2.56. The molecule has 3 nitrogen and oxygen atoms in total. The SMILES string of the molecule is Nc1nc2c(c(C(F)(F)C(F)(F)C(F)(F)C(F)F)n1)CCCC2. The molecule has 0 atom stereocenters. The summed E-state index contributed by atoms with van der Waals surface area (Å²) in [7, 11) is 0. The zero-order valence-electron chi connectivity index (χ0n) is 11.4. The van der Waals surface area contributed by atoms with Crippen LogP contribution in [0.5, 0.6) is 0 Å². The van der Waals surface area contributed by atoms with Crippen LogP contribution in [0.25, 0.3) is 0 Å². The average molecular weight is 349 g/mol. The van der Waals surface area contributed by atoms with Gasteiger partial charge in [-0.1, -0.05) is 0 Å². The second-order valence-corrected chi connectivity index (χ2v) is 5.14. The summed E-state index contributed by atoms with van der Waals surface area (Å²) < 4.78 is 105. The van der Waals surface area contributed by atoms with Crippen molar-refractivity contribution in [3.8, 4) is 0 Å². The Labute approximate surface area is 124 Å². The van der Waals surface area contributed by atoms with Crippen molar-refractivity contribution in [3.63, 3.8) is 0 Å². The monoisotopic (exact) mass is 349 g/mol. The minimum atomic E-state index is -6.35. The van der Waals surface area contributed by atoms with Gasteiger partial charge in [-0.2, -0.15) is 26.3 Å². The van der Waals surface area contributed by atoms with E-state index in [0.29, 0.717) is 12.8 Å². The highest BCUT2D eigenvalue weighted by atomic mass is 19.4. The molecule has 2 N–H and O–H groups in total. The lowest BCUT2D eigenvalue weighted by Gasteiger charge is -2.33. The second kappa shape index (κ2) is 5.45. The fourth-order valence-corrected chi connectivity index (χ4v) is 2.37. The van der Waals surface area contributed by atoms with Crippen LogP contribution in [0.15, 0.2) is 0 Å². The molecule has 0 saturated carbocycles. The van der Waals surface area contributed by atoms with E-state index in [0.717, 1.165) is 0 Å². The standard InChI is InChI=1S/C12H11F8N3/c13-8(14)11(17,18)12(19,20)10(15,16)7-5-3-1-2-4-6(5)22-9(21)23-7/h8H,1-4H2,(H2,21,22,23). The normalized spacial score (nSPS) is 16.6. The molecule has 2 rings (SSSR count). The zero-order valence-corrected chi connectivity index (χ0v) is 11.4. The number of rotatable bonds is 4. The summed E-state index contributed by atoms with van der Waals surface area (Å²) >= 11 is 0. The van der Waals surface area contributed by atoms with E-state index in [1.165, 1.54) is 0 Å². The highest BCUT2D eigenvalue weighted by molar-refractivity contribution is 5.37. The molecule has 0 unspecified atom stereocenters. The van der Waals surface area contributed by atoms with Crippen molar-refractivity contribution in [2.45, 2.75) is 49.9 Å². The van der Waals surface area contributed by atoms with Crippen molar-refractivity contribution < 1.29 is 35.1 Å². The molecule has 1 aliphatic rings. The van der Waals surface area contributed by atoms with Crippen LogP contribution in [0.2, 0.25) is 0 Å². The van der Waals surface area contributed by atoms with Gasteiger partial charge in [0.2, 0.25) is 5.95 Å². The number of nitrogen functional groups attached to an aromatic ring is 1. The van der Waals surface area contributed by atoms with Gasteiger partial charge >= 0.3 is 24.2 Å². The zero-order chi connectivity index (χ0) is 17.6. The van der Waals surface area contributed by atoms with E-state index >= 15 is 0 Å². The van der Waals surface area contributed by atoms with E-state index in [9.17, 15) is 35.1 Å². The third-order valence-electron chi connectivity index (χ3n) is 3.58. The van der Waals surface area contributed by atoms with E-state index in [1.807, 2.05) is 0 Å². The van der Waals surface area contributed by atoms with Gasteiger partial charge in [0, 0.05) is 11.3 Å². The molecule has 1 heterocycles. The van der Waals surface area contributed by atoms with Crippen LogP contribution in [0.4, 0.5) is 41.1 Å². The van der Waals surface area contributed by atoms with Crippen LogP contribution >= 0.6 is 0 Å².